The molecule has 1 aliphatic carbocycles. The molecule has 2 aromatic heterocycles. The van der Waals surface area contributed by atoms with Crippen LogP contribution in [0, 0.1) is 6.92 Å². The summed E-state index contributed by atoms with van der Waals surface area (Å²) >= 11 is 0. The van der Waals surface area contributed by atoms with E-state index in [2.05, 4.69) is 75.7 Å². The fourth-order valence-corrected chi connectivity index (χ4v) is 5.47. The molecule has 0 aliphatic heterocycles. The Morgan fingerprint density at radius 3 is 2.69 bits per heavy atom. The van der Waals surface area contributed by atoms with Crippen molar-refractivity contribution in [2.24, 2.45) is 0 Å². The summed E-state index contributed by atoms with van der Waals surface area (Å²) in [4.78, 5) is 18.6. The van der Waals surface area contributed by atoms with Crippen LogP contribution < -0.4 is 5.56 Å². The fourth-order valence-electron chi connectivity index (χ4n) is 5.47. The van der Waals surface area contributed by atoms with Crippen LogP contribution in [0.2, 0.25) is 0 Å². The Morgan fingerprint density at radius 1 is 1.11 bits per heavy atom. The molecule has 7 nitrogen and oxygen atoms in total. The Balaban J connectivity index is 1.45. The normalized spacial score (nSPS) is 15.3. The molecular formula is C28H34N6O. The maximum atomic E-state index is 13.1. The van der Waals surface area contributed by atoms with E-state index in [0.29, 0.717) is 12.6 Å². The first-order valence-electron chi connectivity index (χ1n) is 12.8. The topological polar surface area (TPSA) is 79.7 Å². The summed E-state index contributed by atoms with van der Waals surface area (Å²) in [6.07, 6.45) is 6.50. The highest BCUT2D eigenvalue weighted by atomic mass is 16.1. The zero-order chi connectivity index (χ0) is 24.2. The van der Waals surface area contributed by atoms with Crippen LogP contribution in [-0.4, -0.2) is 36.1 Å². The quantitative estimate of drug-likeness (QED) is 0.374. The molecule has 4 aromatic rings. The standard InChI is InChI=1S/C28H34N6O/c1-3-26(27-30-31-32-34(27)16-15-21-9-5-4-6-10-21)33(24-11-7-8-12-24)19-23-18-22-17-20(2)13-14-25(22)29-28(23)35/h4-6,9-10,13-14,17-18,24,26H,3,7-8,11-12,15-16,19H2,1-2H3,(H,29,35)/t26-/m1/s1. The van der Waals surface area contributed by atoms with Crippen LogP contribution in [-0.2, 0) is 19.5 Å². The van der Waals surface area contributed by atoms with Crippen molar-refractivity contribution in [1.82, 2.24) is 30.1 Å². The number of hydrogen-bond acceptors (Lipinski definition) is 5. The summed E-state index contributed by atoms with van der Waals surface area (Å²) in [7, 11) is 0. The van der Waals surface area contributed by atoms with E-state index in [-0.39, 0.29) is 11.6 Å². The predicted octanol–water partition coefficient (Wildman–Crippen LogP) is 4.96. The van der Waals surface area contributed by atoms with Gasteiger partial charge >= 0.3 is 0 Å². The smallest absolute Gasteiger partial charge is 0.252 e. The van der Waals surface area contributed by atoms with E-state index in [0.717, 1.165) is 54.5 Å². The van der Waals surface area contributed by atoms with Crippen molar-refractivity contribution in [3.63, 3.8) is 0 Å². The van der Waals surface area contributed by atoms with Crippen LogP contribution in [0.15, 0.2) is 59.4 Å². The van der Waals surface area contributed by atoms with Crippen LogP contribution in [0.1, 0.15) is 67.6 Å². The minimum atomic E-state index is -0.0112. The SMILES string of the molecule is CC[C@H](c1nnnn1CCc1ccccc1)N(Cc1cc2cc(C)ccc2[nH]c1=O)C1CCCC1. The maximum Gasteiger partial charge on any atom is 0.252 e. The Labute approximate surface area is 206 Å². The monoisotopic (exact) mass is 470 g/mol. The Morgan fingerprint density at radius 2 is 1.91 bits per heavy atom. The van der Waals surface area contributed by atoms with Gasteiger partial charge in [-0.25, -0.2) is 4.68 Å². The first-order valence-corrected chi connectivity index (χ1v) is 12.8. The zero-order valence-electron chi connectivity index (χ0n) is 20.7. The Bertz CT molecular complexity index is 1320. The van der Waals surface area contributed by atoms with Crippen molar-refractivity contribution in [2.75, 3.05) is 0 Å². The molecule has 0 saturated heterocycles. The molecule has 7 heteroatoms. The highest BCUT2D eigenvalue weighted by Crippen LogP contribution is 2.33. The number of H-pyrrole nitrogens is 1. The van der Waals surface area contributed by atoms with Crippen molar-refractivity contribution in [1.29, 1.82) is 0 Å². The number of aromatic nitrogens is 5. The number of rotatable bonds is 9. The number of nitrogens with zero attached hydrogens (tertiary/aromatic N) is 5. The predicted molar refractivity (Wildman–Crippen MR) is 138 cm³/mol. The fraction of sp³-hybridized carbons (Fsp3) is 0.429. The van der Waals surface area contributed by atoms with Crippen molar-refractivity contribution >= 4 is 10.9 Å². The van der Waals surface area contributed by atoms with Crippen molar-refractivity contribution in [2.45, 2.75) is 77.5 Å². The summed E-state index contributed by atoms with van der Waals surface area (Å²) in [5.41, 5.74) is 4.13. The van der Waals surface area contributed by atoms with Gasteiger partial charge in [0.25, 0.3) is 5.56 Å². The summed E-state index contributed by atoms with van der Waals surface area (Å²) in [6, 6.07) is 19.1. The van der Waals surface area contributed by atoms with E-state index in [1.54, 1.807) is 0 Å². The number of aromatic amines is 1. The number of benzene rings is 2. The molecular weight excluding hydrogens is 436 g/mol. The lowest BCUT2D eigenvalue weighted by Gasteiger charge is -2.35. The number of tetrazole rings is 1. The van der Waals surface area contributed by atoms with E-state index in [4.69, 9.17) is 0 Å². The number of aryl methyl sites for hydroxylation is 3. The molecule has 2 aromatic carbocycles. The maximum absolute atomic E-state index is 13.1. The second kappa shape index (κ2) is 10.5. The number of fused-ring (bicyclic) bond motifs is 1. The molecule has 1 fully saturated rings. The molecule has 0 spiro atoms. The summed E-state index contributed by atoms with van der Waals surface area (Å²) in [6.45, 7) is 5.60. The molecule has 182 valence electrons. The molecule has 1 N–H and O–H groups in total. The minimum absolute atomic E-state index is 0.0112. The van der Waals surface area contributed by atoms with E-state index in [1.807, 2.05) is 22.9 Å². The second-order valence-electron chi connectivity index (χ2n) is 9.74. The molecule has 2 heterocycles. The molecule has 1 saturated carbocycles. The largest absolute Gasteiger partial charge is 0.322 e. The second-order valence-corrected chi connectivity index (χ2v) is 9.74. The van der Waals surface area contributed by atoms with Gasteiger partial charge < -0.3 is 4.98 Å². The number of pyridine rings is 1. The molecule has 1 atom stereocenters. The summed E-state index contributed by atoms with van der Waals surface area (Å²) in [5, 5.41) is 14.0. The van der Waals surface area contributed by atoms with Gasteiger partial charge in [-0.3, -0.25) is 9.69 Å². The van der Waals surface area contributed by atoms with Crippen LogP contribution in [0.5, 0.6) is 0 Å². The van der Waals surface area contributed by atoms with Crippen molar-refractivity contribution < 1.29 is 0 Å². The van der Waals surface area contributed by atoms with Gasteiger partial charge in [-0.05, 0) is 72.2 Å². The zero-order valence-corrected chi connectivity index (χ0v) is 20.7. The van der Waals surface area contributed by atoms with Gasteiger partial charge in [-0.15, -0.1) is 5.10 Å². The van der Waals surface area contributed by atoms with Gasteiger partial charge in [0.05, 0.1) is 6.04 Å². The van der Waals surface area contributed by atoms with Crippen LogP contribution in [0.3, 0.4) is 0 Å². The molecule has 0 radical (unpaired) electrons. The van der Waals surface area contributed by atoms with Crippen molar-refractivity contribution in [3.05, 3.63) is 87.5 Å². The molecule has 5 rings (SSSR count). The molecule has 35 heavy (non-hydrogen) atoms. The molecule has 1 aliphatic rings. The Kier molecular flexibility index (Phi) is 7.04. The van der Waals surface area contributed by atoms with Gasteiger partial charge in [0.1, 0.15) is 0 Å². The van der Waals surface area contributed by atoms with Crippen LogP contribution in [0.4, 0.5) is 0 Å². The third kappa shape index (κ3) is 5.20. The lowest BCUT2D eigenvalue weighted by Crippen LogP contribution is -2.39. The van der Waals surface area contributed by atoms with E-state index in [9.17, 15) is 4.79 Å². The van der Waals surface area contributed by atoms with E-state index < -0.39 is 0 Å². The first-order chi connectivity index (χ1) is 17.1. The number of hydrogen-bond donors (Lipinski definition) is 1. The Hall–Kier alpha value is -3.32. The number of nitrogens with one attached hydrogen (secondary N) is 1. The first kappa shape index (κ1) is 23.4. The highest BCUT2D eigenvalue weighted by Gasteiger charge is 2.32. The average molecular weight is 471 g/mol. The van der Waals surface area contributed by atoms with Gasteiger partial charge in [0, 0.05) is 30.2 Å². The van der Waals surface area contributed by atoms with Gasteiger partial charge in [-0.1, -0.05) is 61.7 Å². The van der Waals surface area contributed by atoms with Gasteiger partial charge in [0.2, 0.25) is 0 Å². The molecule has 0 amide bonds. The van der Waals surface area contributed by atoms with Gasteiger partial charge in [-0.2, -0.15) is 0 Å². The van der Waals surface area contributed by atoms with Crippen molar-refractivity contribution in [3.8, 4) is 0 Å². The third-order valence-electron chi connectivity index (χ3n) is 7.32. The lowest BCUT2D eigenvalue weighted by molar-refractivity contribution is 0.112. The van der Waals surface area contributed by atoms with E-state index >= 15 is 0 Å². The van der Waals surface area contributed by atoms with E-state index in [1.165, 1.54) is 24.0 Å². The molecule has 0 unspecified atom stereocenters. The summed E-state index contributed by atoms with van der Waals surface area (Å²) in [5.74, 6) is 0.892. The van der Waals surface area contributed by atoms with Crippen LogP contribution in [0.25, 0.3) is 10.9 Å². The average Bonchev–Trinajstić information content (AvgIpc) is 3.56. The third-order valence-corrected chi connectivity index (χ3v) is 7.32. The van der Waals surface area contributed by atoms with Crippen LogP contribution >= 0.6 is 0 Å². The summed E-state index contributed by atoms with van der Waals surface area (Å²) < 4.78 is 1.96. The molecule has 0 bridgehead atoms. The lowest BCUT2D eigenvalue weighted by atomic mass is 10.0. The minimum Gasteiger partial charge on any atom is -0.322 e. The van der Waals surface area contributed by atoms with Gasteiger partial charge in [0.15, 0.2) is 5.82 Å². The highest BCUT2D eigenvalue weighted by molar-refractivity contribution is 5.79.